The molecule has 2 aromatic heterocycles. The third kappa shape index (κ3) is 3.03. The molecule has 0 aliphatic heterocycles. The first kappa shape index (κ1) is 14.7. The van der Waals surface area contributed by atoms with Gasteiger partial charge in [0.25, 0.3) is 5.91 Å². The van der Waals surface area contributed by atoms with Crippen LogP contribution in [0.2, 0.25) is 5.02 Å². The lowest BCUT2D eigenvalue weighted by Gasteiger charge is -2.07. The second-order valence-electron chi connectivity index (χ2n) is 4.61. The fraction of sp³-hybridized carbons (Fsp3) is 0.133. The Kier molecular flexibility index (Phi) is 4.22. The predicted molar refractivity (Wildman–Crippen MR) is 84.9 cm³/mol. The number of hydrogen-bond acceptors (Lipinski definition) is 5. The number of aromatic nitrogens is 2. The number of thiophene rings is 1. The molecule has 0 fully saturated rings. The predicted octanol–water partition coefficient (Wildman–Crippen LogP) is 3.94. The van der Waals surface area contributed by atoms with Crippen molar-refractivity contribution in [1.29, 1.82) is 0 Å². The first-order valence-electron chi connectivity index (χ1n) is 6.58. The van der Waals surface area contributed by atoms with E-state index in [1.807, 2.05) is 29.6 Å². The van der Waals surface area contributed by atoms with E-state index in [0.717, 1.165) is 0 Å². The molecule has 7 heteroatoms. The van der Waals surface area contributed by atoms with Gasteiger partial charge in [-0.1, -0.05) is 35.0 Å². The lowest BCUT2D eigenvalue weighted by atomic mass is 10.2. The maximum absolute atomic E-state index is 12.0. The van der Waals surface area contributed by atoms with Gasteiger partial charge in [-0.2, -0.15) is 4.98 Å². The zero-order chi connectivity index (χ0) is 15.5. The van der Waals surface area contributed by atoms with E-state index in [0.29, 0.717) is 27.2 Å². The summed E-state index contributed by atoms with van der Waals surface area (Å²) in [5.41, 5.74) is 0.691. The van der Waals surface area contributed by atoms with Crippen molar-refractivity contribution in [1.82, 2.24) is 15.5 Å². The van der Waals surface area contributed by atoms with E-state index in [-0.39, 0.29) is 5.91 Å². The minimum atomic E-state index is -0.390. The minimum Gasteiger partial charge on any atom is -0.340 e. The second-order valence-corrected chi connectivity index (χ2v) is 5.96. The van der Waals surface area contributed by atoms with E-state index in [2.05, 4.69) is 15.5 Å². The molecule has 1 N–H and O–H groups in total. The van der Waals surface area contributed by atoms with Gasteiger partial charge in [0.05, 0.1) is 9.90 Å². The zero-order valence-electron chi connectivity index (χ0n) is 11.6. The van der Waals surface area contributed by atoms with Gasteiger partial charge in [0.2, 0.25) is 11.7 Å². The number of amides is 1. The Morgan fingerprint density at radius 1 is 1.32 bits per heavy atom. The average molecular weight is 334 g/mol. The molecule has 1 aromatic carbocycles. The molecule has 2 heterocycles. The first-order valence-corrected chi connectivity index (χ1v) is 7.84. The van der Waals surface area contributed by atoms with E-state index in [1.54, 1.807) is 19.1 Å². The smallest absolute Gasteiger partial charge is 0.261 e. The Balaban J connectivity index is 1.76. The van der Waals surface area contributed by atoms with Gasteiger partial charge in [0, 0.05) is 5.56 Å². The van der Waals surface area contributed by atoms with Crippen molar-refractivity contribution in [3.05, 3.63) is 57.6 Å². The summed E-state index contributed by atoms with van der Waals surface area (Å²) in [4.78, 5) is 16.9. The van der Waals surface area contributed by atoms with Gasteiger partial charge in [-0.3, -0.25) is 4.79 Å². The van der Waals surface area contributed by atoms with Crippen molar-refractivity contribution in [2.45, 2.75) is 13.0 Å². The lowest BCUT2D eigenvalue weighted by Crippen LogP contribution is -2.26. The fourth-order valence-electron chi connectivity index (χ4n) is 1.90. The van der Waals surface area contributed by atoms with Crippen LogP contribution in [0.3, 0.4) is 0 Å². The van der Waals surface area contributed by atoms with Crippen LogP contribution in [-0.2, 0) is 0 Å². The van der Waals surface area contributed by atoms with Crippen LogP contribution in [-0.4, -0.2) is 16.0 Å². The van der Waals surface area contributed by atoms with Crippen molar-refractivity contribution >= 4 is 28.8 Å². The monoisotopic (exact) mass is 333 g/mol. The highest BCUT2D eigenvalue weighted by atomic mass is 35.5. The van der Waals surface area contributed by atoms with Gasteiger partial charge in [0.15, 0.2) is 0 Å². The van der Waals surface area contributed by atoms with E-state index >= 15 is 0 Å². The van der Waals surface area contributed by atoms with Gasteiger partial charge in [0.1, 0.15) is 6.04 Å². The number of nitrogens with zero attached hydrogens (tertiary/aromatic N) is 2. The average Bonchev–Trinajstić information content (AvgIpc) is 3.19. The molecule has 0 bridgehead atoms. The van der Waals surface area contributed by atoms with Crippen molar-refractivity contribution in [2.24, 2.45) is 0 Å². The standard InChI is InChI=1S/C15H12ClN3O2S/c1-9(17-14(20)12-7-4-8-22-12)15-18-13(19-21-15)10-5-2-3-6-11(10)16/h2-9H,1H3,(H,17,20)/t9-/m1/s1. The van der Waals surface area contributed by atoms with E-state index < -0.39 is 6.04 Å². The maximum atomic E-state index is 12.0. The summed E-state index contributed by atoms with van der Waals surface area (Å²) in [6, 6.07) is 10.4. The number of carbonyl (C=O) groups excluding carboxylic acids is 1. The van der Waals surface area contributed by atoms with E-state index in [1.165, 1.54) is 11.3 Å². The Hall–Kier alpha value is -2.18. The van der Waals surface area contributed by atoms with Crippen LogP contribution in [0.15, 0.2) is 46.3 Å². The third-order valence-electron chi connectivity index (χ3n) is 3.02. The summed E-state index contributed by atoms with van der Waals surface area (Å²) in [6.07, 6.45) is 0. The number of nitrogens with one attached hydrogen (secondary N) is 1. The Labute approximate surface area is 135 Å². The van der Waals surface area contributed by atoms with Crippen LogP contribution in [0.5, 0.6) is 0 Å². The molecule has 5 nitrogen and oxygen atoms in total. The highest BCUT2D eigenvalue weighted by molar-refractivity contribution is 7.12. The molecule has 1 atom stereocenters. The van der Waals surface area contributed by atoms with Crippen molar-refractivity contribution in [2.75, 3.05) is 0 Å². The van der Waals surface area contributed by atoms with Gasteiger partial charge in [-0.25, -0.2) is 0 Å². The number of benzene rings is 1. The van der Waals surface area contributed by atoms with Crippen molar-refractivity contribution in [3.63, 3.8) is 0 Å². The van der Waals surface area contributed by atoms with E-state index in [4.69, 9.17) is 16.1 Å². The second kappa shape index (κ2) is 6.29. The Morgan fingerprint density at radius 2 is 2.14 bits per heavy atom. The normalized spacial score (nSPS) is 12.1. The quantitative estimate of drug-likeness (QED) is 0.785. The van der Waals surface area contributed by atoms with Gasteiger partial charge < -0.3 is 9.84 Å². The maximum Gasteiger partial charge on any atom is 0.261 e. The summed E-state index contributed by atoms with van der Waals surface area (Å²) < 4.78 is 5.22. The summed E-state index contributed by atoms with van der Waals surface area (Å²) in [5.74, 6) is 0.567. The third-order valence-corrected chi connectivity index (χ3v) is 4.22. The number of hydrogen-bond donors (Lipinski definition) is 1. The summed E-state index contributed by atoms with van der Waals surface area (Å²) >= 11 is 7.49. The van der Waals surface area contributed by atoms with Crippen LogP contribution in [0.25, 0.3) is 11.4 Å². The SMILES string of the molecule is C[C@@H](NC(=O)c1cccs1)c1nc(-c2ccccc2Cl)no1. The largest absolute Gasteiger partial charge is 0.340 e. The van der Waals surface area contributed by atoms with Crippen molar-refractivity contribution in [3.8, 4) is 11.4 Å². The van der Waals surface area contributed by atoms with E-state index in [9.17, 15) is 4.79 Å². The van der Waals surface area contributed by atoms with Crippen LogP contribution < -0.4 is 5.32 Å². The molecular formula is C15H12ClN3O2S. The highest BCUT2D eigenvalue weighted by Gasteiger charge is 2.19. The topological polar surface area (TPSA) is 68.0 Å². The molecular weight excluding hydrogens is 322 g/mol. The molecule has 3 aromatic rings. The molecule has 0 spiro atoms. The highest BCUT2D eigenvalue weighted by Crippen LogP contribution is 2.26. The first-order chi connectivity index (χ1) is 10.6. The summed E-state index contributed by atoms with van der Waals surface area (Å²) in [5, 5.41) is 9.13. The zero-order valence-corrected chi connectivity index (χ0v) is 13.2. The molecule has 1 amide bonds. The van der Waals surface area contributed by atoms with Gasteiger partial charge in [-0.05, 0) is 30.5 Å². The van der Waals surface area contributed by atoms with Gasteiger partial charge >= 0.3 is 0 Å². The van der Waals surface area contributed by atoms with Crippen LogP contribution in [0, 0.1) is 0 Å². The molecule has 0 aliphatic rings. The molecule has 0 aliphatic carbocycles. The molecule has 3 rings (SSSR count). The molecule has 0 saturated heterocycles. The number of carbonyl (C=O) groups is 1. The summed E-state index contributed by atoms with van der Waals surface area (Å²) in [7, 11) is 0. The summed E-state index contributed by atoms with van der Waals surface area (Å²) in [6.45, 7) is 1.79. The number of halogens is 1. The molecule has 22 heavy (non-hydrogen) atoms. The lowest BCUT2D eigenvalue weighted by molar-refractivity contribution is 0.0936. The molecule has 112 valence electrons. The van der Waals surface area contributed by atoms with Crippen molar-refractivity contribution < 1.29 is 9.32 Å². The molecule has 0 unspecified atom stereocenters. The Bertz CT molecular complexity index is 786. The Morgan fingerprint density at radius 3 is 2.86 bits per heavy atom. The molecule has 0 saturated carbocycles. The molecule has 0 radical (unpaired) electrons. The van der Waals surface area contributed by atoms with Crippen LogP contribution in [0.4, 0.5) is 0 Å². The van der Waals surface area contributed by atoms with Crippen LogP contribution in [0.1, 0.15) is 28.5 Å². The fourth-order valence-corrected chi connectivity index (χ4v) is 2.75. The van der Waals surface area contributed by atoms with Crippen LogP contribution >= 0.6 is 22.9 Å². The minimum absolute atomic E-state index is 0.167. The van der Waals surface area contributed by atoms with Gasteiger partial charge in [-0.15, -0.1) is 11.3 Å². The number of rotatable bonds is 4.